The zero-order valence-electron chi connectivity index (χ0n) is 15.2. The van der Waals surface area contributed by atoms with Crippen molar-refractivity contribution < 1.29 is 32.0 Å². The SMILES string of the molecule is COc1ccc2nc(S(=O)Cc3nccc(OC)c3OC)n(OC(F)F)c2c1. The number of benzene rings is 1. The van der Waals surface area contributed by atoms with Gasteiger partial charge >= 0.3 is 6.61 Å². The van der Waals surface area contributed by atoms with Crippen molar-refractivity contribution in [1.29, 1.82) is 0 Å². The third kappa shape index (κ3) is 3.84. The largest absolute Gasteiger partial charge is 0.497 e. The van der Waals surface area contributed by atoms with E-state index in [9.17, 15) is 13.0 Å². The summed E-state index contributed by atoms with van der Waals surface area (Å²) >= 11 is 0. The highest BCUT2D eigenvalue weighted by molar-refractivity contribution is 7.84. The molecule has 8 nitrogen and oxygen atoms in total. The molecule has 28 heavy (non-hydrogen) atoms. The molecule has 150 valence electrons. The van der Waals surface area contributed by atoms with Crippen LogP contribution in [-0.2, 0) is 16.6 Å². The number of methoxy groups -OCH3 is 3. The summed E-state index contributed by atoms with van der Waals surface area (Å²) in [5, 5.41) is -0.185. The van der Waals surface area contributed by atoms with Gasteiger partial charge in [-0.15, -0.1) is 4.73 Å². The molecule has 0 radical (unpaired) electrons. The van der Waals surface area contributed by atoms with E-state index in [0.29, 0.717) is 28.5 Å². The van der Waals surface area contributed by atoms with Gasteiger partial charge in [-0.3, -0.25) is 9.19 Å². The zero-order chi connectivity index (χ0) is 20.3. The number of fused-ring (bicyclic) bond motifs is 1. The molecular weight excluding hydrogens is 396 g/mol. The van der Waals surface area contributed by atoms with E-state index < -0.39 is 17.4 Å². The van der Waals surface area contributed by atoms with E-state index in [-0.39, 0.29) is 16.4 Å². The lowest BCUT2D eigenvalue weighted by atomic mass is 10.3. The minimum absolute atomic E-state index is 0.145. The Balaban J connectivity index is 2.04. The molecular formula is C17H17F2N3O5S. The van der Waals surface area contributed by atoms with Gasteiger partial charge in [0.25, 0.3) is 0 Å². The number of ether oxygens (including phenoxy) is 3. The molecule has 0 spiro atoms. The van der Waals surface area contributed by atoms with Crippen LogP contribution in [0.2, 0.25) is 0 Å². The first-order valence-electron chi connectivity index (χ1n) is 7.94. The number of hydrogen-bond donors (Lipinski definition) is 0. The van der Waals surface area contributed by atoms with Crippen LogP contribution in [0.5, 0.6) is 17.2 Å². The molecule has 0 aliphatic carbocycles. The number of pyridine rings is 1. The van der Waals surface area contributed by atoms with E-state index in [1.54, 1.807) is 18.2 Å². The van der Waals surface area contributed by atoms with E-state index in [4.69, 9.17) is 14.2 Å². The first-order valence-corrected chi connectivity index (χ1v) is 9.26. The molecule has 0 aliphatic heterocycles. The Morgan fingerprint density at radius 2 is 1.93 bits per heavy atom. The topological polar surface area (TPSA) is 84.7 Å². The number of halogens is 2. The minimum atomic E-state index is -3.14. The van der Waals surface area contributed by atoms with Crippen LogP contribution in [-0.4, -0.2) is 46.8 Å². The maximum atomic E-state index is 12.9. The van der Waals surface area contributed by atoms with Gasteiger partial charge in [0.15, 0.2) is 11.5 Å². The van der Waals surface area contributed by atoms with Gasteiger partial charge in [0, 0.05) is 18.3 Å². The summed E-state index contributed by atoms with van der Waals surface area (Å²) < 4.78 is 55.2. The summed E-state index contributed by atoms with van der Waals surface area (Å²) in [5.41, 5.74) is 0.859. The fraction of sp³-hybridized carbons (Fsp3) is 0.294. The predicted molar refractivity (Wildman–Crippen MR) is 96.3 cm³/mol. The van der Waals surface area contributed by atoms with Crippen LogP contribution in [0.3, 0.4) is 0 Å². The molecule has 2 aromatic heterocycles. The van der Waals surface area contributed by atoms with Crippen molar-refractivity contribution >= 4 is 21.8 Å². The van der Waals surface area contributed by atoms with Gasteiger partial charge in [-0.25, -0.2) is 4.98 Å². The van der Waals surface area contributed by atoms with Gasteiger partial charge in [0.2, 0.25) is 5.16 Å². The molecule has 0 saturated heterocycles. The molecule has 1 unspecified atom stereocenters. The molecule has 0 amide bonds. The summed E-state index contributed by atoms with van der Waals surface area (Å²) in [6, 6.07) is 6.23. The number of imidazole rings is 1. The highest BCUT2D eigenvalue weighted by atomic mass is 32.2. The Bertz CT molecular complexity index is 1010. The van der Waals surface area contributed by atoms with Gasteiger partial charge in [0.1, 0.15) is 11.3 Å². The molecule has 1 atom stereocenters. The molecule has 3 aromatic rings. The average molecular weight is 413 g/mol. The molecule has 0 bridgehead atoms. The number of nitrogens with zero attached hydrogens (tertiary/aromatic N) is 3. The van der Waals surface area contributed by atoms with Crippen molar-refractivity contribution in [2.75, 3.05) is 21.3 Å². The van der Waals surface area contributed by atoms with Crippen molar-refractivity contribution in [1.82, 2.24) is 14.7 Å². The Morgan fingerprint density at radius 3 is 2.57 bits per heavy atom. The fourth-order valence-electron chi connectivity index (χ4n) is 2.61. The highest BCUT2D eigenvalue weighted by Gasteiger charge is 2.23. The van der Waals surface area contributed by atoms with Crippen LogP contribution >= 0.6 is 0 Å². The molecule has 11 heteroatoms. The quantitative estimate of drug-likeness (QED) is 0.561. The van der Waals surface area contributed by atoms with E-state index in [0.717, 1.165) is 4.73 Å². The summed E-state index contributed by atoms with van der Waals surface area (Å²) in [7, 11) is 2.45. The normalized spacial score (nSPS) is 12.2. The first-order chi connectivity index (χ1) is 13.5. The van der Waals surface area contributed by atoms with Crippen LogP contribution in [0.15, 0.2) is 35.6 Å². The van der Waals surface area contributed by atoms with Crippen molar-refractivity contribution in [3.63, 3.8) is 0 Å². The number of hydrogen-bond acceptors (Lipinski definition) is 7. The van der Waals surface area contributed by atoms with E-state index in [2.05, 4.69) is 14.8 Å². The molecule has 1 aromatic carbocycles. The Labute approximate surface area is 161 Å². The first kappa shape index (κ1) is 19.8. The highest BCUT2D eigenvalue weighted by Crippen LogP contribution is 2.31. The van der Waals surface area contributed by atoms with E-state index in [1.807, 2.05) is 0 Å². The summed E-state index contributed by atoms with van der Waals surface area (Å²) in [4.78, 5) is 12.9. The summed E-state index contributed by atoms with van der Waals surface area (Å²) in [5.74, 6) is 0.983. The molecule has 0 aliphatic rings. The lowest BCUT2D eigenvalue weighted by molar-refractivity contribution is -0.136. The van der Waals surface area contributed by atoms with Crippen molar-refractivity contribution in [3.05, 3.63) is 36.2 Å². The molecule has 0 saturated carbocycles. The smallest absolute Gasteiger partial charge is 0.405 e. The lowest BCUT2D eigenvalue weighted by Crippen LogP contribution is -2.20. The van der Waals surface area contributed by atoms with Gasteiger partial charge in [-0.1, -0.05) is 0 Å². The van der Waals surface area contributed by atoms with Crippen LogP contribution < -0.4 is 19.0 Å². The second kappa shape index (κ2) is 8.38. The van der Waals surface area contributed by atoms with Crippen LogP contribution in [0, 0.1) is 0 Å². The molecule has 0 N–H and O–H groups in total. The Kier molecular flexibility index (Phi) is 5.93. The van der Waals surface area contributed by atoms with Gasteiger partial charge < -0.3 is 19.0 Å². The molecule has 0 fully saturated rings. The lowest BCUT2D eigenvalue weighted by Gasteiger charge is -2.12. The average Bonchev–Trinajstić information content (AvgIpc) is 3.04. The third-order valence-electron chi connectivity index (χ3n) is 3.81. The van der Waals surface area contributed by atoms with Gasteiger partial charge in [0.05, 0.1) is 49.1 Å². The van der Waals surface area contributed by atoms with Crippen LogP contribution in [0.1, 0.15) is 5.69 Å². The number of alkyl halides is 2. The summed E-state index contributed by atoms with van der Waals surface area (Å²) in [6.07, 6.45) is 1.47. The standard InChI is InChI=1S/C17H17F2N3O5S/c1-24-10-4-5-11-13(8-10)22(27-16(18)19)17(21-11)28(23)9-12-15(26-3)14(25-2)6-7-20-12/h4-8,16H,9H2,1-3H3. The van der Waals surface area contributed by atoms with Gasteiger partial charge in [-0.05, 0) is 12.1 Å². The van der Waals surface area contributed by atoms with Crippen LogP contribution in [0.25, 0.3) is 11.0 Å². The van der Waals surface area contributed by atoms with E-state index >= 15 is 0 Å². The number of rotatable bonds is 8. The Hall–Kier alpha value is -2.95. The fourth-order valence-corrected chi connectivity index (χ4v) is 3.72. The Morgan fingerprint density at radius 1 is 1.14 bits per heavy atom. The number of aromatic nitrogens is 3. The monoisotopic (exact) mass is 413 g/mol. The maximum absolute atomic E-state index is 12.9. The maximum Gasteiger partial charge on any atom is 0.405 e. The summed E-state index contributed by atoms with van der Waals surface area (Å²) in [6.45, 7) is -3.14. The predicted octanol–water partition coefficient (Wildman–Crippen LogP) is 2.42. The zero-order valence-corrected chi connectivity index (χ0v) is 16.0. The molecule has 2 heterocycles. The third-order valence-corrected chi connectivity index (χ3v) is 5.01. The second-order valence-corrected chi connectivity index (χ2v) is 6.74. The van der Waals surface area contributed by atoms with Crippen molar-refractivity contribution in [3.8, 4) is 17.2 Å². The van der Waals surface area contributed by atoms with E-state index in [1.165, 1.54) is 33.6 Å². The van der Waals surface area contributed by atoms with Crippen LogP contribution in [0.4, 0.5) is 8.78 Å². The molecule has 3 rings (SSSR count). The second-order valence-electron chi connectivity index (χ2n) is 5.39. The minimum Gasteiger partial charge on any atom is -0.497 e. The van der Waals surface area contributed by atoms with Gasteiger partial charge in [-0.2, -0.15) is 8.78 Å². The van der Waals surface area contributed by atoms with Crippen molar-refractivity contribution in [2.24, 2.45) is 0 Å². The van der Waals surface area contributed by atoms with Crippen molar-refractivity contribution in [2.45, 2.75) is 17.5 Å².